The highest BCUT2D eigenvalue weighted by Gasteiger charge is 2.38. The third-order valence-electron chi connectivity index (χ3n) is 2.72. The molecule has 18 heavy (non-hydrogen) atoms. The Morgan fingerprint density at radius 1 is 1.28 bits per heavy atom. The smallest absolute Gasteiger partial charge is 0.332 e. The fourth-order valence-electron chi connectivity index (χ4n) is 1.71. The van der Waals surface area contributed by atoms with Gasteiger partial charge in [-0.3, -0.25) is 4.79 Å². The zero-order chi connectivity index (χ0) is 13.9. The van der Waals surface area contributed by atoms with Gasteiger partial charge in [0.2, 0.25) is 5.91 Å². The minimum absolute atomic E-state index is 0.284. The van der Waals surface area contributed by atoms with E-state index >= 15 is 0 Å². The van der Waals surface area contributed by atoms with E-state index in [2.05, 4.69) is 10.1 Å². The molecule has 0 radical (unpaired) electrons. The molecule has 0 aromatic carbocycles. The molecule has 0 aliphatic carbocycles. The first kappa shape index (κ1) is 14.4. The Kier molecular flexibility index (Phi) is 4.28. The first-order chi connectivity index (χ1) is 8.27. The normalized spacial score (nSPS) is 23.5. The van der Waals surface area contributed by atoms with Crippen molar-refractivity contribution in [1.29, 1.82) is 0 Å². The summed E-state index contributed by atoms with van der Waals surface area (Å²) in [4.78, 5) is 33.9. The molecule has 1 heterocycles. The standard InChI is InChI=1S/C11H17NO6/c1-11(2,10(16)17-3)12-8(13)6-4-5-7(18-6)9(14)15/h6-7H,4-5H2,1-3H3,(H,12,13)(H,14,15). The molecule has 1 rings (SSSR count). The Hall–Kier alpha value is -1.63. The maximum absolute atomic E-state index is 11.8. The lowest BCUT2D eigenvalue weighted by Gasteiger charge is -2.24. The van der Waals surface area contributed by atoms with Gasteiger partial charge in [-0.25, -0.2) is 9.59 Å². The zero-order valence-corrected chi connectivity index (χ0v) is 10.6. The van der Waals surface area contributed by atoms with Gasteiger partial charge in [0, 0.05) is 0 Å². The van der Waals surface area contributed by atoms with E-state index in [1.165, 1.54) is 21.0 Å². The Morgan fingerprint density at radius 3 is 2.28 bits per heavy atom. The Morgan fingerprint density at radius 2 is 1.83 bits per heavy atom. The van der Waals surface area contributed by atoms with Gasteiger partial charge < -0.3 is 19.9 Å². The molecule has 102 valence electrons. The maximum atomic E-state index is 11.8. The minimum Gasteiger partial charge on any atom is -0.479 e. The predicted molar refractivity (Wildman–Crippen MR) is 59.8 cm³/mol. The first-order valence-electron chi connectivity index (χ1n) is 5.56. The average Bonchev–Trinajstić information content (AvgIpc) is 2.76. The van der Waals surface area contributed by atoms with E-state index in [0.717, 1.165) is 0 Å². The summed E-state index contributed by atoms with van der Waals surface area (Å²) in [6, 6.07) is 0. The molecule has 7 nitrogen and oxygen atoms in total. The molecular formula is C11H17NO6. The summed E-state index contributed by atoms with van der Waals surface area (Å²) in [6.07, 6.45) is -1.19. The number of rotatable bonds is 4. The molecule has 2 unspecified atom stereocenters. The fourth-order valence-corrected chi connectivity index (χ4v) is 1.71. The van der Waals surface area contributed by atoms with Gasteiger partial charge in [-0.05, 0) is 26.7 Å². The summed E-state index contributed by atoms with van der Waals surface area (Å²) in [5.74, 6) is -2.17. The molecule has 2 N–H and O–H groups in total. The van der Waals surface area contributed by atoms with Gasteiger partial charge >= 0.3 is 11.9 Å². The lowest BCUT2D eigenvalue weighted by Crippen LogP contribution is -2.53. The van der Waals surface area contributed by atoms with Crippen LogP contribution in [-0.2, 0) is 23.9 Å². The predicted octanol–water partition coefficient (Wildman–Crippen LogP) is -0.314. The number of carbonyl (C=O) groups is 3. The molecular weight excluding hydrogens is 242 g/mol. The zero-order valence-electron chi connectivity index (χ0n) is 10.6. The Bertz CT molecular complexity index is 365. The number of aliphatic carboxylic acids is 1. The van der Waals surface area contributed by atoms with Gasteiger partial charge in [0.05, 0.1) is 7.11 Å². The monoisotopic (exact) mass is 259 g/mol. The van der Waals surface area contributed by atoms with Crippen molar-refractivity contribution in [3.8, 4) is 0 Å². The minimum atomic E-state index is -1.17. The van der Waals surface area contributed by atoms with Crippen LogP contribution in [-0.4, -0.2) is 47.8 Å². The number of carboxylic acid groups (broad SMARTS) is 1. The van der Waals surface area contributed by atoms with Gasteiger partial charge in [0.15, 0.2) is 6.10 Å². The van der Waals surface area contributed by atoms with E-state index in [0.29, 0.717) is 6.42 Å². The van der Waals surface area contributed by atoms with Crippen LogP contribution in [0.5, 0.6) is 0 Å². The van der Waals surface area contributed by atoms with Crippen LogP contribution >= 0.6 is 0 Å². The number of ether oxygens (including phenoxy) is 2. The van der Waals surface area contributed by atoms with Crippen LogP contribution in [0.3, 0.4) is 0 Å². The molecule has 1 aliphatic rings. The molecule has 1 fully saturated rings. The highest BCUT2D eigenvalue weighted by atomic mass is 16.5. The van der Waals surface area contributed by atoms with Crippen molar-refractivity contribution < 1.29 is 29.0 Å². The van der Waals surface area contributed by atoms with E-state index in [1.807, 2.05) is 0 Å². The van der Waals surface area contributed by atoms with Crippen LogP contribution in [0.2, 0.25) is 0 Å². The molecule has 0 spiro atoms. The van der Waals surface area contributed by atoms with E-state index in [4.69, 9.17) is 9.84 Å². The molecule has 0 bridgehead atoms. The molecule has 0 aromatic heterocycles. The fraction of sp³-hybridized carbons (Fsp3) is 0.727. The van der Waals surface area contributed by atoms with Gasteiger partial charge in [-0.1, -0.05) is 0 Å². The van der Waals surface area contributed by atoms with Crippen molar-refractivity contribution in [3.63, 3.8) is 0 Å². The van der Waals surface area contributed by atoms with Gasteiger partial charge in [-0.15, -0.1) is 0 Å². The summed E-state index contributed by atoms with van der Waals surface area (Å²) in [5, 5.41) is 11.2. The third kappa shape index (κ3) is 3.19. The van der Waals surface area contributed by atoms with Gasteiger partial charge in [0.1, 0.15) is 11.6 Å². The van der Waals surface area contributed by atoms with Crippen molar-refractivity contribution in [2.75, 3.05) is 7.11 Å². The second-order valence-corrected chi connectivity index (χ2v) is 4.63. The largest absolute Gasteiger partial charge is 0.479 e. The number of hydrogen-bond acceptors (Lipinski definition) is 5. The van der Waals surface area contributed by atoms with Crippen LogP contribution in [0.1, 0.15) is 26.7 Å². The summed E-state index contributed by atoms with van der Waals surface area (Å²) >= 11 is 0. The third-order valence-corrected chi connectivity index (χ3v) is 2.72. The SMILES string of the molecule is COC(=O)C(C)(C)NC(=O)C1CCC(C(=O)O)O1. The highest BCUT2D eigenvalue weighted by Crippen LogP contribution is 2.20. The van der Waals surface area contributed by atoms with Crippen molar-refractivity contribution in [2.24, 2.45) is 0 Å². The summed E-state index contributed by atoms with van der Waals surface area (Å²) in [5.41, 5.74) is -1.17. The van der Waals surface area contributed by atoms with E-state index < -0.39 is 35.6 Å². The van der Waals surface area contributed by atoms with Crippen molar-refractivity contribution >= 4 is 17.8 Å². The van der Waals surface area contributed by atoms with E-state index in [9.17, 15) is 14.4 Å². The summed E-state index contributed by atoms with van der Waals surface area (Å²) in [7, 11) is 1.22. The Labute approximate surface area is 104 Å². The number of carbonyl (C=O) groups excluding carboxylic acids is 2. The molecule has 1 amide bonds. The van der Waals surface area contributed by atoms with Crippen molar-refractivity contribution in [2.45, 2.75) is 44.4 Å². The number of hydrogen-bond donors (Lipinski definition) is 2. The maximum Gasteiger partial charge on any atom is 0.332 e. The lowest BCUT2D eigenvalue weighted by molar-refractivity contribution is -0.155. The summed E-state index contributed by atoms with van der Waals surface area (Å²) in [6.45, 7) is 3.00. The van der Waals surface area contributed by atoms with E-state index in [-0.39, 0.29) is 6.42 Å². The van der Waals surface area contributed by atoms with Crippen LogP contribution in [0.25, 0.3) is 0 Å². The van der Waals surface area contributed by atoms with Crippen LogP contribution in [0, 0.1) is 0 Å². The van der Waals surface area contributed by atoms with E-state index in [1.54, 1.807) is 0 Å². The van der Waals surface area contributed by atoms with Crippen LogP contribution in [0.4, 0.5) is 0 Å². The topological polar surface area (TPSA) is 102 Å². The van der Waals surface area contributed by atoms with Crippen molar-refractivity contribution in [3.05, 3.63) is 0 Å². The molecule has 7 heteroatoms. The lowest BCUT2D eigenvalue weighted by atomic mass is 10.1. The van der Waals surface area contributed by atoms with Crippen molar-refractivity contribution in [1.82, 2.24) is 5.32 Å². The number of nitrogens with one attached hydrogen (secondary N) is 1. The molecule has 1 aliphatic heterocycles. The molecule has 0 aromatic rings. The highest BCUT2D eigenvalue weighted by molar-refractivity contribution is 5.89. The molecule has 2 atom stereocenters. The quantitative estimate of drug-likeness (QED) is 0.671. The van der Waals surface area contributed by atoms with Gasteiger partial charge in [0.25, 0.3) is 0 Å². The number of methoxy groups -OCH3 is 1. The number of carboxylic acids is 1. The second-order valence-electron chi connectivity index (χ2n) is 4.63. The molecule has 1 saturated heterocycles. The Balaban J connectivity index is 2.57. The van der Waals surface area contributed by atoms with Crippen LogP contribution < -0.4 is 5.32 Å². The first-order valence-corrected chi connectivity index (χ1v) is 5.56. The van der Waals surface area contributed by atoms with Gasteiger partial charge in [-0.2, -0.15) is 0 Å². The number of amides is 1. The average molecular weight is 259 g/mol. The second kappa shape index (κ2) is 5.34. The number of esters is 1. The molecule has 0 saturated carbocycles. The summed E-state index contributed by atoms with van der Waals surface area (Å²) < 4.78 is 9.63. The van der Waals surface area contributed by atoms with Crippen LogP contribution in [0.15, 0.2) is 0 Å².